The van der Waals surface area contributed by atoms with Gasteiger partial charge in [0.05, 0.1) is 9.47 Å². The van der Waals surface area contributed by atoms with Crippen molar-refractivity contribution in [2.45, 2.75) is 18.4 Å². The molecule has 0 aliphatic rings. The van der Waals surface area contributed by atoms with Gasteiger partial charge in [-0.3, -0.25) is 0 Å². The van der Waals surface area contributed by atoms with Crippen molar-refractivity contribution in [1.82, 2.24) is 4.72 Å². The van der Waals surface area contributed by atoms with Gasteiger partial charge in [-0.2, -0.15) is 0 Å². The summed E-state index contributed by atoms with van der Waals surface area (Å²) in [4.78, 5) is 1.37. The third kappa shape index (κ3) is 4.29. The van der Waals surface area contributed by atoms with Gasteiger partial charge in [0, 0.05) is 22.4 Å². The number of rotatable bonds is 6. The molecule has 0 atom stereocenters. The molecule has 0 aliphatic carbocycles. The van der Waals surface area contributed by atoms with Crippen LogP contribution in [0.3, 0.4) is 0 Å². The molecule has 0 amide bonds. The van der Waals surface area contributed by atoms with Crippen molar-refractivity contribution in [2.75, 3.05) is 11.9 Å². The summed E-state index contributed by atoms with van der Waals surface area (Å²) in [6.07, 6.45) is 0. The predicted octanol–water partition coefficient (Wildman–Crippen LogP) is 4.18. The molecule has 0 aliphatic heterocycles. The van der Waals surface area contributed by atoms with E-state index < -0.39 is 10.0 Å². The quantitative estimate of drug-likeness (QED) is 0.689. The second-order valence-corrected chi connectivity index (χ2v) is 9.23. The summed E-state index contributed by atoms with van der Waals surface area (Å²) in [7, 11) is -3.48. The van der Waals surface area contributed by atoms with E-state index in [2.05, 4.69) is 41.9 Å². The first-order valence-corrected chi connectivity index (χ1v) is 10.1. The van der Waals surface area contributed by atoms with Crippen molar-refractivity contribution < 1.29 is 8.42 Å². The van der Waals surface area contributed by atoms with E-state index >= 15 is 0 Å². The van der Waals surface area contributed by atoms with Gasteiger partial charge in [-0.15, -0.1) is 11.3 Å². The van der Waals surface area contributed by atoms with Gasteiger partial charge in [0.25, 0.3) is 0 Å². The van der Waals surface area contributed by atoms with Gasteiger partial charge in [0.15, 0.2) is 0 Å². The Balaban J connectivity index is 2.21. The Morgan fingerprint density at radius 3 is 2.57 bits per heavy atom. The molecule has 1 aromatic heterocycles. The molecule has 21 heavy (non-hydrogen) atoms. The van der Waals surface area contributed by atoms with Crippen LogP contribution in [0.15, 0.2) is 43.5 Å². The van der Waals surface area contributed by atoms with Crippen molar-refractivity contribution in [3.8, 4) is 0 Å². The fourth-order valence-electron chi connectivity index (χ4n) is 1.78. The predicted molar refractivity (Wildman–Crippen MR) is 94.4 cm³/mol. The Morgan fingerprint density at radius 2 is 1.95 bits per heavy atom. The molecule has 4 nitrogen and oxygen atoms in total. The highest BCUT2D eigenvalue weighted by Crippen LogP contribution is 2.33. The second-order valence-electron chi connectivity index (χ2n) is 4.19. The van der Waals surface area contributed by atoms with Crippen molar-refractivity contribution in [3.05, 3.63) is 43.5 Å². The molecule has 0 spiro atoms. The lowest BCUT2D eigenvalue weighted by Gasteiger charge is -2.12. The number of thiophene rings is 1. The van der Waals surface area contributed by atoms with Crippen LogP contribution in [0.4, 0.5) is 5.69 Å². The SMILES string of the molecule is CCNS(=O)(=O)c1ccccc1NCc1cc(Br)c(Br)s1. The first kappa shape index (κ1) is 17.0. The molecule has 0 unspecified atom stereocenters. The smallest absolute Gasteiger partial charge is 0.242 e. The average molecular weight is 454 g/mol. The lowest BCUT2D eigenvalue weighted by Crippen LogP contribution is -2.24. The van der Waals surface area contributed by atoms with E-state index in [-0.39, 0.29) is 4.90 Å². The number of nitrogens with one attached hydrogen (secondary N) is 2. The molecule has 8 heteroatoms. The van der Waals surface area contributed by atoms with E-state index in [1.807, 2.05) is 12.1 Å². The third-order valence-electron chi connectivity index (χ3n) is 2.66. The van der Waals surface area contributed by atoms with E-state index in [1.165, 1.54) is 0 Å². The summed E-state index contributed by atoms with van der Waals surface area (Å²) in [6.45, 7) is 2.68. The van der Waals surface area contributed by atoms with Crippen LogP contribution >= 0.6 is 43.2 Å². The number of hydrogen-bond donors (Lipinski definition) is 2. The van der Waals surface area contributed by atoms with Crippen molar-refractivity contribution >= 4 is 58.9 Å². The summed E-state index contributed by atoms with van der Waals surface area (Å²) in [5.74, 6) is 0. The van der Waals surface area contributed by atoms with Crippen LogP contribution in [-0.2, 0) is 16.6 Å². The summed E-state index contributed by atoms with van der Waals surface area (Å²) < 4.78 is 28.8. The largest absolute Gasteiger partial charge is 0.379 e. The van der Waals surface area contributed by atoms with E-state index in [1.54, 1.807) is 36.5 Å². The summed E-state index contributed by atoms with van der Waals surface area (Å²) in [5, 5.41) is 3.18. The van der Waals surface area contributed by atoms with Gasteiger partial charge in [-0.05, 0) is 50.1 Å². The second kappa shape index (κ2) is 7.23. The lowest BCUT2D eigenvalue weighted by atomic mass is 10.3. The molecule has 0 saturated carbocycles. The molecule has 0 bridgehead atoms. The first-order valence-electron chi connectivity index (χ1n) is 6.20. The fraction of sp³-hybridized carbons (Fsp3) is 0.231. The monoisotopic (exact) mass is 452 g/mol. The number of halogens is 2. The molecule has 2 aromatic rings. The van der Waals surface area contributed by atoms with Crippen LogP contribution in [0.2, 0.25) is 0 Å². The van der Waals surface area contributed by atoms with Gasteiger partial charge < -0.3 is 5.32 Å². The Bertz CT molecular complexity index is 710. The first-order chi connectivity index (χ1) is 9.94. The topological polar surface area (TPSA) is 58.2 Å². The van der Waals surface area contributed by atoms with Crippen LogP contribution in [-0.4, -0.2) is 15.0 Å². The maximum absolute atomic E-state index is 12.2. The van der Waals surface area contributed by atoms with Crippen LogP contribution in [0.1, 0.15) is 11.8 Å². The minimum atomic E-state index is -3.48. The molecule has 0 saturated heterocycles. The molecular weight excluding hydrogens is 440 g/mol. The van der Waals surface area contributed by atoms with Gasteiger partial charge in [0.1, 0.15) is 4.90 Å². The van der Waals surface area contributed by atoms with Gasteiger partial charge in [-0.1, -0.05) is 19.1 Å². The number of benzene rings is 1. The van der Waals surface area contributed by atoms with Gasteiger partial charge >= 0.3 is 0 Å². The highest BCUT2D eigenvalue weighted by atomic mass is 79.9. The van der Waals surface area contributed by atoms with Crippen molar-refractivity contribution in [3.63, 3.8) is 0 Å². The summed E-state index contributed by atoms with van der Waals surface area (Å²) >= 11 is 8.49. The molecule has 2 rings (SSSR count). The normalized spacial score (nSPS) is 11.6. The van der Waals surface area contributed by atoms with Crippen molar-refractivity contribution in [2.24, 2.45) is 0 Å². The van der Waals surface area contributed by atoms with Gasteiger partial charge in [-0.25, -0.2) is 13.1 Å². The highest BCUT2D eigenvalue weighted by molar-refractivity contribution is 9.13. The molecule has 114 valence electrons. The fourth-order valence-corrected chi connectivity index (χ4v) is 5.12. The standard InChI is InChI=1S/C13H14Br2N2O2S2/c1-2-17-21(18,19)12-6-4-3-5-11(12)16-8-9-7-10(14)13(15)20-9/h3-7,16-17H,2,8H2,1H3. The molecule has 0 radical (unpaired) electrons. The van der Waals surface area contributed by atoms with Gasteiger partial charge in [0.2, 0.25) is 10.0 Å². The third-order valence-corrected chi connectivity index (χ3v) is 7.52. The van der Waals surface area contributed by atoms with E-state index in [0.29, 0.717) is 18.8 Å². The Morgan fingerprint density at radius 1 is 1.24 bits per heavy atom. The minimum Gasteiger partial charge on any atom is -0.379 e. The molecule has 1 heterocycles. The van der Waals surface area contributed by atoms with Crippen LogP contribution in [0.25, 0.3) is 0 Å². The molecule has 1 aromatic carbocycles. The molecular formula is C13H14Br2N2O2S2. The zero-order valence-electron chi connectivity index (χ0n) is 11.2. The van der Waals surface area contributed by atoms with Crippen LogP contribution in [0, 0.1) is 0 Å². The maximum Gasteiger partial charge on any atom is 0.242 e. The zero-order chi connectivity index (χ0) is 15.5. The molecule has 0 fully saturated rings. The van der Waals surface area contributed by atoms with E-state index in [9.17, 15) is 8.42 Å². The molecule has 2 N–H and O–H groups in total. The van der Waals surface area contributed by atoms with Crippen LogP contribution < -0.4 is 10.0 Å². The maximum atomic E-state index is 12.2. The summed E-state index contributed by atoms with van der Waals surface area (Å²) in [6, 6.07) is 8.90. The highest BCUT2D eigenvalue weighted by Gasteiger charge is 2.17. The van der Waals surface area contributed by atoms with Crippen molar-refractivity contribution in [1.29, 1.82) is 0 Å². The van der Waals surface area contributed by atoms with E-state index in [0.717, 1.165) is 13.1 Å². The minimum absolute atomic E-state index is 0.265. The Labute approximate surface area is 145 Å². The van der Waals surface area contributed by atoms with E-state index in [4.69, 9.17) is 0 Å². The zero-order valence-corrected chi connectivity index (χ0v) is 16.0. The lowest BCUT2D eigenvalue weighted by molar-refractivity contribution is 0.584. The van der Waals surface area contributed by atoms with Crippen LogP contribution in [0.5, 0.6) is 0 Å². The average Bonchev–Trinajstić information content (AvgIpc) is 2.76. The number of sulfonamides is 1. The number of hydrogen-bond acceptors (Lipinski definition) is 4. The Hall–Kier alpha value is -0.410. The number of anilines is 1. The Kier molecular flexibility index (Phi) is 5.84. The number of para-hydroxylation sites is 1. The summed E-state index contributed by atoms with van der Waals surface area (Å²) in [5.41, 5.74) is 0.596.